The Morgan fingerprint density at radius 3 is 2.00 bits per heavy atom. The number of aryl methyl sites for hydroxylation is 1. The summed E-state index contributed by atoms with van der Waals surface area (Å²) < 4.78 is 6.08. The van der Waals surface area contributed by atoms with E-state index in [-0.39, 0.29) is 10.8 Å². The van der Waals surface area contributed by atoms with Crippen LogP contribution in [0.25, 0.3) is 0 Å². The van der Waals surface area contributed by atoms with Gasteiger partial charge in [0.25, 0.3) is 0 Å². The molecule has 1 nitrogen and oxygen atoms in total. The molecule has 1 heteroatoms. The van der Waals surface area contributed by atoms with Crippen LogP contribution in [-0.2, 0) is 17.4 Å². The topological polar surface area (TPSA) is 9.23 Å². The maximum absolute atomic E-state index is 6.08. The van der Waals surface area contributed by atoms with Crippen molar-refractivity contribution in [1.29, 1.82) is 0 Å². The van der Waals surface area contributed by atoms with Crippen molar-refractivity contribution in [2.45, 2.75) is 65.9 Å². The van der Waals surface area contributed by atoms with Gasteiger partial charge in [0.15, 0.2) is 0 Å². The lowest BCUT2D eigenvalue weighted by Crippen LogP contribution is -2.12. The van der Waals surface area contributed by atoms with Crippen LogP contribution in [0.1, 0.15) is 63.8 Å². The van der Waals surface area contributed by atoms with Crippen LogP contribution < -0.4 is 4.74 Å². The van der Waals surface area contributed by atoms with E-state index < -0.39 is 0 Å². The Kier molecular flexibility index (Phi) is 4.89. The molecule has 0 N–H and O–H groups in total. The molecule has 0 spiro atoms. The van der Waals surface area contributed by atoms with Gasteiger partial charge in [-0.15, -0.1) is 0 Å². The Labute approximate surface area is 141 Å². The molecule has 0 fully saturated rings. The average Bonchev–Trinajstić information content (AvgIpc) is 2.44. The first-order valence-corrected chi connectivity index (χ1v) is 8.41. The molecule has 0 heterocycles. The summed E-state index contributed by atoms with van der Waals surface area (Å²) in [6.45, 7) is 16.2. The van der Waals surface area contributed by atoms with Crippen LogP contribution in [0.2, 0.25) is 0 Å². The third-order valence-corrected chi connectivity index (χ3v) is 4.31. The van der Waals surface area contributed by atoms with Crippen LogP contribution >= 0.6 is 0 Å². The lowest BCUT2D eigenvalue weighted by molar-refractivity contribution is 0.304. The predicted octanol–water partition coefficient (Wildman–Crippen LogP) is 6.17. The van der Waals surface area contributed by atoms with Crippen molar-refractivity contribution < 1.29 is 4.74 Å². The zero-order valence-electron chi connectivity index (χ0n) is 15.7. The lowest BCUT2D eigenvalue weighted by Gasteiger charge is -2.22. The summed E-state index contributed by atoms with van der Waals surface area (Å²) in [6, 6.07) is 15.1. The molecule has 0 saturated carbocycles. The van der Waals surface area contributed by atoms with Gasteiger partial charge in [0.05, 0.1) is 0 Å². The lowest BCUT2D eigenvalue weighted by atomic mass is 9.85. The van der Waals surface area contributed by atoms with Gasteiger partial charge < -0.3 is 4.74 Å². The molecule has 0 aliphatic carbocycles. The highest BCUT2D eigenvalue weighted by Crippen LogP contribution is 2.27. The maximum Gasteiger partial charge on any atom is 0.120 e. The summed E-state index contributed by atoms with van der Waals surface area (Å²) in [5, 5.41) is 0. The summed E-state index contributed by atoms with van der Waals surface area (Å²) in [5.74, 6) is 0.943. The highest BCUT2D eigenvalue weighted by molar-refractivity contribution is 5.36. The van der Waals surface area contributed by atoms with Gasteiger partial charge >= 0.3 is 0 Å². The van der Waals surface area contributed by atoms with Gasteiger partial charge in [0, 0.05) is 0 Å². The first kappa shape index (κ1) is 17.6. The zero-order valence-corrected chi connectivity index (χ0v) is 15.7. The number of benzene rings is 2. The molecular weight excluding hydrogens is 280 g/mol. The summed E-state index contributed by atoms with van der Waals surface area (Å²) in [7, 11) is 0. The van der Waals surface area contributed by atoms with Crippen molar-refractivity contribution in [1.82, 2.24) is 0 Å². The molecule has 0 bridgehead atoms. The van der Waals surface area contributed by atoms with Gasteiger partial charge in [-0.05, 0) is 52.1 Å². The SMILES string of the molecule is Cc1ccc(C(C)(C)C)cc1COc1cccc(C(C)(C)C)c1. The molecule has 0 aliphatic heterocycles. The molecule has 0 aromatic heterocycles. The third kappa shape index (κ3) is 4.60. The third-order valence-electron chi connectivity index (χ3n) is 4.31. The molecular formula is C22H30O. The smallest absolute Gasteiger partial charge is 0.120 e. The first-order chi connectivity index (χ1) is 10.6. The molecule has 2 aromatic rings. The fourth-order valence-corrected chi connectivity index (χ4v) is 2.51. The van der Waals surface area contributed by atoms with Crippen LogP contribution in [-0.4, -0.2) is 0 Å². The van der Waals surface area contributed by atoms with E-state index in [1.54, 1.807) is 0 Å². The van der Waals surface area contributed by atoms with E-state index in [0.717, 1.165) is 5.75 Å². The zero-order chi connectivity index (χ0) is 17.3. The quantitative estimate of drug-likeness (QED) is 0.658. The number of ether oxygens (including phenoxy) is 1. The van der Waals surface area contributed by atoms with Crippen LogP contribution in [0.4, 0.5) is 0 Å². The van der Waals surface area contributed by atoms with Gasteiger partial charge in [-0.2, -0.15) is 0 Å². The van der Waals surface area contributed by atoms with Crippen molar-refractivity contribution in [3.05, 3.63) is 64.7 Å². The van der Waals surface area contributed by atoms with Crippen LogP contribution in [0.3, 0.4) is 0 Å². The maximum atomic E-state index is 6.08. The van der Waals surface area contributed by atoms with Crippen molar-refractivity contribution in [2.75, 3.05) is 0 Å². The molecule has 0 unspecified atom stereocenters. The summed E-state index contributed by atoms with van der Waals surface area (Å²) in [5.41, 5.74) is 5.50. The van der Waals surface area contributed by atoms with Gasteiger partial charge in [0.2, 0.25) is 0 Å². The number of hydrogen-bond donors (Lipinski definition) is 0. The van der Waals surface area contributed by atoms with E-state index in [1.165, 1.54) is 22.3 Å². The fraction of sp³-hybridized carbons (Fsp3) is 0.455. The summed E-state index contributed by atoms with van der Waals surface area (Å²) >= 11 is 0. The van der Waals surface area contributed by atoms with Gasteiger partial charge in [-0.3, -0.25) is 0 Å². The second kappa shape index (κ2) is 6.39. The Bertz CT molecular complexity index is 669. The van der Waals surface area contributed by atoms with Crippen LogP contribution in [0.5, 0.6) is 5.75 Å². The monoisotopic (exact) mass is 310 g/mol. The van der Waals surface area contributed by atoms with Crippen LogP contribution in [0.15, 0.2) is 42.5 Å². The fourth-order valence-electron chi connectivity index (χ4n) is 2.51. The Morgan fingerprint density at radius 2 is 1.39 bits per heavy atom. The molecule has 2 aromatic carbocycles. The molecule has 0 saturated heterocycles. The minimum atomic E-state index is 0.140. The van der Waals surface area contributed by atoms with E-state index in [1.807, 2.05) is 6.07 Å². The highest BCUT2D eigenvalue weighted by Gasteiger charge is 2.16. The van der Waals surface area contributed by atoms with Crippen molar-refractivity contribution in [3.63, 3.8) is 0 Å². The van der Waals surface area contributed by atoms with Crippen molar-refractivity contribution >= 4 is 0 Å². The van der Waals surface area contributed by atoms with Crippen LogP contribution in [0, 0.1) is 6.92 Å². The Hall–Kier alpha value is -1.76. The second-order valence-electron chi connectivity index (χ2n) is 8.46. The molecule has 0 radical (unpaired) electrons. The largest absolute Gasteiger partial charge is 0.489 e. The molecule has 0 amide bonds. The average molecular weight is 310 g/mol. The van der Waals surface area contributed by atoms with E-state index in [4.69, 9.17) is 4.74 Å². The number of hydrogen-bond acceptors (Lipinski definition) is 1. The van der Waals surface area contributed by atoms with E-state index in [2.05, 4.69) is 84.9 Å². The summed E-state index contributed by atoms with van der Waals surface area (Å²) in [4.78, 5) is 0. The van der Waals surface area contributed by atoms with E-state index in [0.29, 0.717) is 6.61 Å². The Morgan fingerprint density at radius 1 is 0.783 bits per heavy atom. The van der Waals surface area contributed by atoms with Gasteiger partial charge in [-0.1, -0.05) is 71.9 Å². The van der Waals surface area contributed by atoms with Crippen molar-refractivity contribution in [2.24, 2.45) is 0 Å². The van der Waals surface area contributed by atoms with Gasteiger partial charge in [0.1, 0.15) is 12.4 Å². The van der Waals surface area contributed by atoms with Gasteiger partial charge in [-0.25, -0.2) is 0 Å². The predicted molar refractivity (Wildman–Crippen MR) is 99.4 cm³/mol. The Balaban J connectivity index is 2.18. The second-order valence-corrected chi connectivity index (χ2v) is 8.46. The molecule has 0 aliphatic rings. The standard InChI is InChI=1S/C22H30O/c1-16-11-12-19(22(5,6)7)13-17(16)15-23-20-10-8-9-18(14-20)21(2,3)4/h8-14H,15H2,1-7H3. The number of rotatable bonds is 3. The molecule has 124 valence electrons. The molecule has 23 heavy (non-hydrogen) atoms. The highest BCUT2D eigenvalue weighted by atomic mass is 16.5. The minimum Gasteiger partial charge on any atom is -0.489 e. The first-order valence-electron chi connectivity index (χ1n) is 8.41. The molecule has 0 atom stereocenters. The minimum absolute atomic E-state index is 0.140. The van der Waals surface area contributed by atoms with E-state index in [9.17, 15) is 0 Å². The molecule has 2 rings (SSSR count). The van der Waals surface area contributed by atoms with E-state index >= 15 is 0 Å². The summed E-state index contributed by atoms with van der Waals surface area (Å²) in [6.07, 6.45) is 0. The van der Waals surface area contributed by atoms with Crippen molar-refractivity contribution in [3.8, 4) is 5.75 Å². The normalized spacial score (nSPS) is 12.3.